The number of nitrogens with zero attached hydrogens (tertiary/aromatic N) is 2. The summed E-state index contributed by atoms with van der Waals surface area (Å²) in [7, 11) is 0. The molecule has 3 N–H and O–H groups in total. The number of tetrazole rings is 1. The number of aromatic amines is 3. The minimum atomic E-state index is 0.902. The molecule has 104 valence electrons. The van der Waals surface area contributed by atoms with Crippen LogP contribution < -0.4 is 0 Å². The summed E-state index contributed by atoms with van der Waals surface area (Å²) in [5.74, 6) is 1.05. The monoisotopic (exact) mass is 341 g/mol. The highest BCUT2D eigenvalue weighted by molar-refractivity contribution is 9.10. The number of fused-ring (bicyclic) bond motifs is 5. The Morgan fingerprint density at radius 2 is 2.00 bits per heavy atom. The second-order valence-electron chi connectivity index (χ2n) is 5.23. The molecule has 0 radical (unpaired) electrons. The van der Waals surface area contributed by atoms with Crippen LogP contribution >= 0.6 is 15.9 Å². The maximum atomic E-state index is 3.69. The Morgan fingerprint density at radius 1 is 1.14 bits per heavy atom. The van der Waals surface area contributed by atoms with Crippen LogP contribution in [0, 0.1) is 0 Å². The second-order valence-corrected chi connectivity index (χ2v) is 6.08. The summed E-state index contributed by atoms with van der Waals surface area (Å²) in [4.78, 5) is 0. The lowest BCUT2D eigenvalue weighted by molar-refractivity contribution is 0.821. The lowest BCUT2D eigenvalue weighted by Gasteiger charge is -2.08. The lowest BCUT2D eigenvalue weighted by Crippen LogP contribution is -2.00. The van der Waals surface area contributed by atoms with Crippen LogP contribution in [0.1, 0.15) is 11.1 Å². The molecule has 1 aliphatic carbocycles. The maximum absolute atomic E-state index is 3.69. The molecule has 0 saturated heterocycles. The molecule has 5 rings (SSSR count). The van der Waals surface area contributed by atoms with Gasteiger partial charge in [-0.15, -0.1) is 0 Å². The highest BCUT2D eigenvalue weighted by Crippen LogP contribution is 2.35. The van der Waals surface area contributed by atoms with Gasteiger partial charge in [-0.2, -0.15) is 0 Å². The predicted molar refractivity (Wildman–Crippen MR) is 86.5 cm³/mol. The van der Waals surface area contributed by atoms with Crippen molar-refractivity contribution in [3.05, 3.63) is 52.1 Å². The van der Waals surface area contributed by atoms with Crippen molar-refractivity contribution < 1.29 is 0 Å². The van der Waals surface area contributed by atoms with Crippen molar-refractivity contribution in [1.82, 2.24) is 24.6 Å². The number of benzene rings is 1. The van der Waals surface area contributed by atoms with Crippen LogP contribution in [0.25, 0.3) is 28.4 Å². The molecule has 0 bridgehead atoms. The molecule has 21 heavy (non-hydrogen) atoms. The number of halogens is 1. The Balaban J connectivity index is 2.20. The zero-order chi connectivity index (χ0) is 14.0. The Labute approximate surface area is 128 Å². The van der Waals surface area contributed by atoms with Crippen molar-refractivity contribution in [2.24, 2.45) is 0 Å². The summed E-state index contributed by atoms with van der Waals surface area (Å²) in [6.45, 7) is 0. The number of hydrogen-bond acceptors (Lipinski definition) is 0. The van der Waals surface area contributed by atoms with Crippen LogP contribution in [-0.2, 0) is 6.42 Å². The molecule has 0 amide bonds. The minimum absolute atomic E-state index is 0.902. The Morgan fingerprint density at radius 3 is 2.90 bits per heavy atom. The third-order valence-corrected chi connectivity index (χ3v) is 4.76. The molecule has 2 aromatic rings. The van der Waals surface area contributed by atoms with Crippen molar-refractivity contribution in [3.63, 3.8) is 0 Å². The molecule has 1 aromatic heterocycles. The number of H-pyrrole nitrogens is 3. The summed E-state index contributed by atoms with van der Waals surface area (Å²) >= 11 is 3.69. The molecule has 0 saturated carbocycles. The summed E-state index contributed by atoms with van der Waals surface area (Å²) in [6, 6.07) is 8.38. The van der Waals surface area contributed by atoms with Crippen LogP contribution in [-0.4, -0.2) is 24.6 Å². The fraction of sp³-hybridized carbons (Fsp3) is 0.0667. The molecule has 3 aliphatic rings. The Hall–Kier alpha value is -2.34. The van der Waals surface area contributed by atoms with E-state index in [2.05, 4.69) is 83.2 Å². The number of para-hydroxylation sites is 2. The Bertz CT molecular complexity index is 1030. The number of allylic oxidation sites excluding steroid dienone is 1. The van der Waals surface area contributed by atoms with E-state index in [1.54, 1.807) is 0 Å². The molecule has 0 fully saturated rings. The number of aromatic nitrogens is 5. The lowest BCUT2D eigenvalue weighted by atomic mass is 10.0. The van der Waals surface area contributed by atoms with E-state index < -0.39 is 0 Å². The molecule has 3 heterocycles. The van der Waals surface area contributed by atoms with Crippen LogP contribution in [0.3, 0.4) is 0 Å². The average Bonchev–Trinajstić information content (AvgIpc) is 3.10. The second kappa shape index (κ2) is 3.85. The van der Waals surface area contributed by atoms with E-state index in [0.29, 0.717) is 0 Å². The summed E-state index contributed by atoms with van der Waals surface area (Å²) in [6.07, 6.45) is 7.44. The first-order valence-corrected chi connectivity index (χ1v) is 7.61. The SMILES string of the molecule is Brc1cn2c3c1C=CCc3c1[nH][nH][nH]n-1c1ccccc12. The zero-order valence-electron chi connectivity index (χ0n) is 11.0. The summed E-state index contributed by atoms with van der Waals surface area (Å²) in [5, 5.41) is 9.40. The van der Waals surface area contributed by atoms with Crippen LogP contribution in [0.15, 0.2) is 41.0 Å². The molecule has 2 aliphatic heterocycles. The van der Waals surface area contributed by atoms with E-state index >= 15 is 0 Å². The Kier molecular flexibility index (Phi) is 2.08. The van der Waals surface area contributed by atoms with Crippen LogP contribution in [0.4, 0.5) is 0 Å². The molecule has 6 heteroatoms. The fourth-order valence-corrected chi connectivity index (χ4v) is 3.77. The van der Waals surface area contributed by atoms with E-state index in [-0.39, 0.29) is 0 Å². The van der Waals surface area contributed by atoms with Crippen molar-refractivity contribution >= 4 is 38.6 Å². The molecule has 1 aromatic carbocycles. The van der Waals surface area contributed by atoms with Crippen molar-refractivity contribution in [1.29, 1.82) is 0 Å². The third kappa shape index (κ3) is 1.35. The summed E-state index contributed by atoms with van der Waals surface area (Å²) < 4.78 is 5.45. The topological polar surface area (TPSA) is 56.7 Å². The highest BCUT2D eigenvalue weighted by atomic mass is 79.9. The van der Waals surface area contributed by atoms with Gasteiger partial charge in [0.2, 0.25) is 0 Å². The average molecular weight is 342 g/mol. The zero-order valence-corrected chi connectivity index (χ0v) is 12.6. The normalized spacial score (nSPS) is 13.6. The van der Waals surface area contributed by atoms with Gasteiger partial charge in [-0.05, 0) is 34.5 Å². The number of nitrogens with one attached hydrogen (secondary N) is 3. The van der Waals surface area contributed by atoms with Gasteiger partial charge in [0, 0.05) is 21.8 Å². The van der Waals surface area contributed by atoms with E-state index in [9.17, 15) is 0 Å². The quantitative estimate of drug-likeness (QED) is 0.436. The minimum Gasteiger partial charge on any atom is -0.313 e. The van der Waals surface area contributed by atoms with Gasteiger partial charge in [0.25, 0.3) is 0 Å². The standard InChI is InChI=1S/C15H12BrN5/c16-11-8-20-12-6-1-2-7-13(12)21-15(17-18-19-21)10-5-3-4-9(11)14(10)20/h1-4,6-8,17-19H,5H2. The first-order valence-electron chi connectivity index (χ1n) is 6.82. The van der Waals surface area contributed by atoms with Gasteiger partial charge in [0.05, 0.1) is 16.6 Å². The van der Waals surface area contributed by atoms with Crippen LogP contribution in [0.5, 0.6) is 0 Å². The fourth-order valence-electron chi connectivity index (χ4n) is 3.25. The number of hydrogen-bond donors (Lipinski definition) is 3. The smallest absolute Gasteiger partial charge is 0.152 e. The maximum Gasteiger partial charge on any atom is 0.152 e. The van der Waals surface area contributed by atoms with Gasteiger partial charge in [-0.3, -0.25) is 5.10 Å². The van der Waals surface area contributed by atoms with Gasteiger partial charge < -0.3 is 4.40 Å². The third-order valence-electron chi connectivity index (χ3n) is 4.13. The van der Waals surface area contributed by atoms with Gasteiger partial charge >= 0.3 is 0 Å². The van der Waals surface area contributed by atoms with Crippen molar-refractivity contribution in [2.45, 2.75) is 6.42 Å². The first kappa shape index (κ1) is 11.3. The van der Waals surface area contributed by atoms with Gasteiger partial charge in [-0.25, -0.2) is 15.1 Å². The first-order chi connectivity index (χ1) is 10.3. The molecule has 5 nitrogen and oxygen atoms in total. The summed E-state index contributed by atoms with van der Waals surface area (Å²) in [5.41, 5.74) is 6.01. The van der Waals surface area contributed by atoms with Crippen molar-refractivity contribution in [3.8, 4) is 5.82 Å². The number of rotatable bonds is 0. The predicted octanol–water partition coefficient (Wildman–Crippen LogP) is 3.76. The van der Waals surface area contributed by atoms with Crippen molar-refractivity contribution in [2.75, 3.05) is 0 Å². The molecule has 0 spiro atoms. The molecular weight excluding hydrogens is 330 g/mol. The van der Waals surface area contributed by atoms with Gasteiger partial charge in [-0.1, -0.05) is 24.3 Å². The van der Waals surface area contributed by atoms with E-state index in [0.717, 1.165) is 27.7 Å². The molecule has 0 unspecified atom stereocenters. The van der Waals surface area contributed by atoms with Gasteiger partial charge in [0.15, 0.2) is 5.82 Å². The highest BCUT2D eigenvalue weighted by Gasteiger charge is 2.20. The van der Waals surface area contributed by atoms with Gasteiger partial charge in [0.1, 0.15) is 0 Å². The molecular formula is C15H12BrN5. The van der Waals surface area contributed by atoms with E-state index in [1.165, 1.54) is 16.6 Å². The largest absolute Gasteiger partial charge is 0.313 e. The molecule has 0 atom stereocenters. The van der Waals surface area contributed by atoms with E-state index in [4.69, 9.17) is 0 Å². The van der Waals surface area contributed by atoms with Crippen LogP contribution in [0.2, 0.25) is 0 Å². The van der Waals surface area contributed by atoms with E-state index in [1.807, 2.05) is 0 Å².